The van der Waals surface area contributed by atoms with Gasteiger partial charge in [0.1, 0.15) is 25.0 Å². The number of carbonyl (C=O) groups is 2. The van der Waals surface area contributed by atoms with Crippen molar-refractivity contribution in [1.29, 1.82) is 0 Å². The van der Waals surface area contributed by atoms with Crippen LogP contribution in [0.25, 0.3) is 11.1 Å². The highest BCUT2D eigenvalue weighted by Crippen LogP contribution is 2.44. The minimum atomic E-state index is -1.05. The van der Waals surface area contributed by atoms with Crippen LogP contribution >= 0.6 is 12.2 Å². The van der Waals surface area contributed by atoms with Crippen LogP contribution in [0.3, 0.4) is 0 Å². The number of rotatable bonds is 9. The highest BCUT2D eigenvalue weighted by molar-refractivity contribution is 7.80. The first kappa shape index (κ1) is 24.2. The number of benzene rings is 3. The quantitative estimate of drug-likeness (QED) is 0.340. The van der Waals surface area contributed by atoms with Crippen molar-refractivity contribution >= 4 is 29.3 Å². The smallest absolute Gasteiger partial charge is 0.407 e. The molecule has 1 amide bonds. The van der Waals surface area contributed by atoms with E-state index in [1.807, 2.05) is 36.4 Å². The first-order valence-corrected chi connectivity index (χ1v) is 11.6. The molecule has 3 N–H and O–H groups in total. The van der Waals surface area contributed by atoms with E-state index in [0.29, 0.717) is 5.75 Å². The maximum absolute atomic E-state index is 12.7. The summed E-state index contributed by atoms with van der Waals surface area (Å²) in [4.78, 5) is 25.4. The van der Waals surface area contributed by atoms with E-state index < -0.39 is 18.1 Å². The first-order chi connectivity index (χ1) is 17.0. The van der Waals surface area contributed by atoms with Gasteiger partial charge in [-0.15, -0.1) is 0 Å². The van der Waals surface area contributed by atoms with Gasteiger partial charge in [-0.1, -0.05) is 72.9 Å². The van der Waals surface area contributed by atoms with Gasteiger partial charge in [0, 0.05) is 12.3 Å². The Labute approximate surface area is 209 Å². The molecule has 7 nitrogen and oxygen atoms in total. The van der Waals surface area contributed by atoms with Gasteiger partial charge in [0.2, 0.25) is 0 Å². The normalized spacial score (nSPS) is 12.7. The zero-order valence-electron chi connectivity index (χ0n) is 19.2. The Morgan fingerprint density at radius 3 is 2.11 bits per heavy atom. The molecule has 0 aromatic heterocycles. The summed E-state index contributed by atoms with van der Waals surface area (Å²) in [6.07, 6.45) is -0.782. The van der Waals surface area contributed by atoms with E-state index in [9.17, 15) is 9.59 Å². The van der Waals surface area contributed by atoms with Gasteiger partial charge >= 0.3 is 12.1 Å². The number of amides is 1. The molecule has 0 radical (unpaired) electrons. The van der Waals surface area contributed by atoms with Gasteiger partial charge in [-0.25, -0.2) is 9.59 Å². The molecule has 0 bridgehead atoms. The van der Waals surface area contributed by atoms with Crippen LogP contribution in [0.1, 0.15) is 29.0 Å². The summed E-state index contributed by atoms with van der Waals surface area (Å²) in [5.74, 6) is -0.0466. The summed E-state index contributed by atoms with van der Waals surface area (Å²) < 4.78 is 16.0. The fourth-order valence-electron chi connectivity index (χ4n) is 4.15. The molecule has 0 spiro atoms. The van der Waals surface area contributed by atoms with Crippen LogP contribution in [0.15, 0.2) is 72.8 Å². The van der Waals surface area contributed by atoms with E-state index in [-0.39, 0.29) is 30.5 Å². The van der Waals surface area contributed by atoms with Gasteiger partial charge in [-0.2, -0.15) is 0 Å². The molecule has 1 aliphatic carbocycles. The van der Waals surface area contributed by atoms with E-state index >= 15 is 0 Å². The van der Waals surface area contributed by atoms with Gasteiger partial charge in [-0.05, 0) is 39.9 Å². The number of ether oxygens (including phenoxy) is 3. The number of nitrogens with two attached hydrogens (primary N) is 1. The van der Waals surface area contributed by atoms with E-state index in [1.165, 1.54) is 0 Å². The number of nitrogens with one attached hydrogen (secondary N) is 1. The molecule has 1 aliphatic rings. The summed E-state index contributed by atoms with van der Waals surface area (Å²) in [5.41, 5.74) is 10.9. The number of fused-ring (bicyclic) bond motifs is 3. The second kappa shape index (κ2) is 11.0. The van der Waals surface area contributed by atoms with Gasteiger partial charge < -0.3 is 25.3 Å². The second-order valence-electron chi connectivity index (χ2n) is 8.15. The standard InChI is InChI=1S/C27H26N2O5S/c1-32-18-12-10-17(11-13-18)15-33-26(30)24(14-25(28)35)29-27(31)34-16-23-21-8-4-2-6-19(21)20-7-3-5-9-22(20)23/h2-13,23-24H,14-16H2,1H3,(H2,28,35)(H,29,31)/t24-/m0/s1. The molecule has 4 rings (SSSR count). The fourth-order valence-corrected chi connectivity index (χ4v) is 4.32. The zero-order valence-corrected chi connectivity index (χ0v) is 20.0. The van der Waals surface area contributed by atoms with Crippen LogP contribution in [0.4, 0.5) is 4.79 Å². The minimum Gasteiger partial charge on any atom is -0.497 e. The minimum absolute atomic E-state index is 0.0308. The van der Waals surface area contributed by atoms with Crippen molar-refractivity contribution in [2.75, 3.05) is 13.7 Å². The molecule has 0 aliphatic heterocycles. The molecule has 35 heavy (non-hydrogen) atoms. The van der Waals surface area contributed by atoms with Crippen molar-refractivity contribution in [2.45, 2.75) is 25.0 Å². The molecule has 0 saturated carbocycles. The van der Waals surface area contributed by atoms with Gasteiger partial charge in [0.05, 0.1) is 12.1 Å². The molecule has 0 fully saturated rings. The topological polar surface area (TPSA) is 99.9 Å². The number of carbonyl (C=O) groups excluding carboxylic acids is 2. The van der Waals surface area contributed by atoms with Crippen LogP contribution in [0.5, 0.6) is 5.75 Å². The Bertz CT molecular complexity index is 1180. The molecule has 0 saturated heterocycles. The Morgan fingerprint density at radius 1 is 0.943 bits per heavy atom. The highest BCUT2D eigenvalue weighted by Gasteiger charge is 2.30. The van der Waals surface area contributed by atoms with Crippen LogP contribution in [0.2, 0.25) is 0 Å². The van der Waals surface area contributed by atoms with Crippen molar-refractivity contribution in [2.24, 2.45) is 5.73 Å². The number of hydrogen-bond donors (Lipinski definition) is 2. The van der Waals surface area contributed by atoms with Gasteiger partial charge in [-0.3, -0.25) is 0 Å². The summed E-state index contributed by atoms with van der Waals surface area (Å²) >= 11 is 4.95. The lowest BCUT2D eigenvalue weighted by atomic mass is 9.98. The Morgan fingerprint density at radius 2 is 1.54 bits per heavy atom. The second-order valence-corrected chi connectivity index (χ2v) is 8.67. The summed E-state index contributed by atoms with van der Waals surface area (Å²) in [6, 6.07) is 22.2. The van der Waals surface area contributed by atoms with E-state index in [4.69, 9.17) is 32.2 Å². The third-order valence-corrected chi connectivity index (χ3v) is 6.03. The Kier molecular flexibility index (Phi) is 7.62. The van der Waals surface area contributed by atoms with Crippen LogP contribution in [-0.2, 0) is 20.9 Å². The maximum atomic E-state index is 12.7. The number of esters is 1. The molecule has 3 aromatic rings. The fraction of sp³-hybridized carbons (Fsp3) is 0.222. The largest absolute Gasteiger partial charge is 0.497 e. The molecule has 3 aromatic carbocycles. The number of alkyl carbamates (subject to hydrolysis) is 1. The van der Waals surface area contributed by atoms with E-state index in [2.05, 4.69) is 17.4 Å². The number of thiocarbonyl (C=S) groups is 1. The van der Waals surface area contributed by atoms with Crippen LogP contribution in [-0.4, -0.2) is 36.8 Å². The average Bonchev–Trinajstić information content (AvgIpc) is 3.19. The Balaban J connectivity index is 1.37. The lowest BCUT2D eigenvalue weighted by Gasteiger charge is -2.19. The monoisotopic (exact) mass is 490 g/mol. The summed E-state index contributed by atoms with van der Waals surface area (Å²) in [7, 11) is 1.57. The van der Waals surface area contributed by atoms with Crippen LogP contribution in [0, 0.1) is 0 Å². The first-order valence-electron chi connectivity index (χ1n) is 11.2. The third-order valence-electron chi connectivity index (χ3n) is 5.87. The molecule has 0 heterocycles. The predicted octanol–water partition coefficient (Wildman–Crippen LogP) is 4.32. The van der Waals surface area contributed by atoms with Crippen molar-refractivity contribution < 1.29 is 23.8 Å². The maximum Gasteiger partial charge on any atom is 0.407 e. The van der Waals surface area contributed by atoms with E-state index in [0.717, 1.165) is 27.8 Å². The van der Waals surface area contributed by atoms with Crippen LogP contribution < -0.4 is 15.8 Å². The summed E-state index contributed by atoms with van der Waals surface area (Å²) in [6.45, 7) is 0.156. The zero-order chi connectivity index (χ0) is 24.8. The molecule has 180 valence electrons. The van der Waals surface area contributed by atoms with Gasteiger partial charge in [0.25, 0.3) is 0 Å². The SMILES string of the molecule is COc1ccc(COC(=O)[C@H](CC(N)=S)NC(=O)OCC2c3ccccc3-c3ccccc32)cc1. The molecular formula is C27H26N2O5S. The van der Waals surface area contributed by atoms with Crippen molar-refractivity contribution in [3.8, 4) is 16.9 Å². The Hall–Kier alpha value is -3.91. The van der Waals surface area contributed by atoms with E-state index in [1.54, 1.807) is 31.4 Å². The lowest BCUT2D eigenvalue weighted by molar-refractivity contribution is -0.147. The number of hydrogen-bond acceptors (Lipinski definition) is 6. The molecular weight excluding hydrogens is 464 g/mol. The van der Waals surface area contributed by atoms with Gasteiger partial charge in [0.15, 0.2) is 0 Å². The lowest BCUT2D eigenvalue weighted by Crippen LogP contribution is -2.44. The highest BCUT2D eigenvalue weighted by atomic mass is 32.1. The molecule has 1 atom stereocenters. The molecule has 8 heteroatoms. The van der Waals surface area contributed by atoms with Crippen molar-refractivity contribution in [3.05, 3.63) is 89.5 Å². The predicted molar refractivity (Wildman–Crippen MR) is 136 cm³/mol. The summed E-state index contributed by atoms with van der Waals surface area (Å²) in [5, 5.41) is 2.55. The third kappa shape index (κ3) is 5.78. The molecule has 0 unspecified atom stereocenters. The number of methoxy groups -OCH3 is 1. The van der Waals surface area contributed by atoms with Crippen molar-refractivity contribution in [3.63, 3.8) is 0 Å². The van der Waals surface area contributed by atoms with Crippen molar-refractivity contribution in [1.82, 2.24) is 5.32 Å². The average molecular weight is 491 g/mol.